The lowest BCUT2D eigenvalue weighted by atomic mass is 10.1. The molecule has 1 aromatic carbocycles. The highest BCUT2D eigenvalue weighted by Crippen LogP contribution is 2.40. The van der Waals surface area contributed by atoms with Crippen LogP contribution in [0, 0.1) is 6.92 Å². The van der Waals surface area contributed by atoms with Gasteiger partial charge in [-0.3, -0.25) is 9.59 Å². The minimum Gasteiger partial charge on any atom is -0.339 e. The second-order valence-corrected chi connectivity index (χ2v) is 7.33. The molecule has 1 N–H and O–H groups in total. The number of fused-ring (bicyclic) bond motifs is 1. The Kier molecular flexibility index (Phi) is 5.05. The molecule has 1 saturated carbocycles. The normalized spacial score (nSPS) is 13.5. The summed E-state index contributed by atoms with van der Waals surface area (Å²) in [5.41, 5.74) is 3.65. The number of pyridine rings is 1. The van der Waals surface area contributed by atoms with Crippen LogP contribution < -0.4 is 5.32 Å². The Hall–Kier alpha value is -3.22. The lowest BCUT2D eigenvalue weighted by Crippen LogP contribution is -2.30. The molecule has 0 bridgehead atoms. The summed E-state index contributed by atoms with van der Waals surface area (Å²) in [6.45, 7) is 7.03. The van der Waals surface area contributed by atoms with Crippen molar-refractivity contribution in [2.45, 2.75) is 39.5 Å². The molecule has 0 atom stereocenters. The van der Waals surface area contributed by atoms with E-state index in [1.165, 1.54) is 0 Å². The van der Waals surface area contributed by atoms with E-state index >= 15 is 0 Å². The van der Waals surface area contributed by atoms with Crippen molar-refractivity contribution in [3.8, 4) is 0 Å². The third kappa shape index (κ3) is 3.72. The lowest BCUT2D eigenvalue weighted by molar-refractivity contribution is 0.0773. The summed E-state index contributed by atoms with van der Waals surface area (Å²) in [6.07, 6.45) is 2.16. The number of nitrogens with one attached hydrogen (secondary N) is 1. The quantitative estimate of drug-likeness (QED) is 0.681. The van der Waals surface area contributed by atoms with Crippen molar-refractivity contribution in [1.82, 2.24) is 15.0 Å². The van der Waals surface area contributed by atoms with Crippen molar-refractivity contribution >= 4 is 28.6 Å². The lowest BCUT2D eigenvalue weighted by Gasteiger charge is -2.18. The van der Waals surface area contributed by atoms with Crippen LogP contribution in [0.1, 0.15) is 64.7 Å². The Labute approximate surface area is 169 Å². The molecular weight excluding hydrogens is 368 g/mol. The summed E-state index contributed by atoms with van der Waals surface area (Å²) in [5, 5.41) is 7.53. The number of hydrogen-bond donors (Lipinski definition) is 1. The average Bonchev–Trinajstić information content (AvgIpc) is 3.52. The van der Waals surface area contributed by atoms with Crippen LogP contribution in [0.4, 0.5) is 5.69 Å². The maximum absolute atomic E-state index is 13.0. The molecule has 0 unspecified atom stereocenters. The van der Waals surface area contributed by atoms with Gasteiger partial charge in [-0.05, 0) is 63.9 Å². The number of nitrogens with zero attached hydrogens (tertiary/aromatic N) is 3. The number of benzene rings is 1. The minimum absolute atomic E-state index is 0.0158. The Bertz CT molecular complexity index is 1060. The Morgan fingerprint density at radius 1 is 1.17 bits per heavy atom. The summed E-state index contributed by atoms with van der Waals surface area (Å²) in [6, 6.07) is 8.81. The molecule has 2 aromatic heterocycles. The molecule has 150 valence electrons. The highest BCUT2D eigenvalue weighted by molar-refractivity contribution is 6.12. The highest BCUT2D eigenvalue weighted by atomic mass is 16.5. The van der Waals surface area contributed by atoms with Gasteiger partial charge < -0.3 is 14.7 Å². The molecule has 0 radical (unpaired) electrons. The molecule has 2 amide bonds. The van der Waals surface area contributed by atoms with Gasteiger partial charge >= 0.3 is 0 Å². The number of anilines is 1. The fraction of sp³-hybridized carbons (Fsp3) is 0.364. The smallest absolute Gasteiger partial charge is 0.259 e. The van der Waals surface area contributed by atoms with E-state index in [1.54, 1.807) is 36.1 Å². The van der Waals surface area contributed by atoms with Crippen molar-refractivity contribution in [2.24, 2.45) is 0 Å². The number of hydrogen-bond acceptors (Lipinski definition) is 5. The molecule has 1 aliphatic carbocycles. The second-order valence-electron chi connectivity index (χ2n) is 7.33. The number of carbonyl (C=O) groups is 2. The van der Waals surface area contributed by atoms with Gasteiger partial charge in [-0.2, -0.15) is 0 Å². The summed E-state index contributed by atoms with van der Waals surface area (Å²) >= 11 is 0. The zero-order valence-corrected chi connectivity index (χ0v) is 16.9. The van der Waals surface area contributed by atoms with Crippen LogP contribution in [-0.4, -0.2) is 39.9 Å². The molecule has 4 rings (SSSR count). The van der Waals surface area contributed by atoms with E-state index in [1.807, 2.05) is 19.9 Å². The molecule has 29 heavy (non-hydrogen) atoms. The van der Waals surface area contributed by atoms with Gasteiger partial charge in [0.2, 0.25) is 0 Å². The molecule has 7 heteroatoms. The monoisotopic (exact) mass is 392 g/mol. The SMILES string of the molecule is CCN(CC)C(=O)c1ccc(NC(=O)c2cc(C3CC3)nc3onc(C)c23)cc1. The predicted molar refractivity (Wildman–Crippen MR) is 110 cm³/mol. The topological polar surface area (TPSA) is 88.3 Å². The third-order valence-corrected chi connectivity index (χ3v) is 5.32. The van der Waals surface area contributed by atoms with Gasteiger partial charge in [0.25, 0.3) is 17.5 Å². The van der Waals surface area contributed by atoms with E-state index in [9.17, 15) is 9.59 Å². The number of aromatic nitrogens is 2. The van der Waals surface area contributed by atoms with E-state index in [4.69, 9.17) is 4.52 Å². The summed E-state index contributed by atoms with van der Waals surface area (Å²) in [5.74, 6) is 0.132. The fourth-order valence-corrected chi connectivity index (χ4v) is 3.47. The molecule has 0 saturated heterocycles. The van der Waals surface area contributed by atoms with Crippen LogP contribution >= 0.6 is 0 Å². The Balaban J connectivity index is 1.58. The van der Waals surface area contributed by atoms with Crippen LogP contribution in [0.25, 0.3) is 11.1 Å². The molecule has 0 spiro atoms. The van der Waals surface area contributed by atoms with Crippen LogP contribution in [0.2, 0.25) is 0 Å². The fourth-order valence-electron chi connectivity index (χ4n) is 3.47. The summed E-state index contributed by atoms with van der Waals surface area (Å²) in [7, 11) is 0. The van der Waals surface area contributed by atoms with Gasteiger partial charge in [-0.15, -0.1) is 0 Å². The number of carbonyl (C=O) groups excluding carboxylic acids is 2. The standard InChI is InChI=1S/C22H24N4O3/c1-4-26(5-2)22(28)15-8-10-16(11-9-15)23-20(27)17-12-18(14-6-7-14)24-21-19(17)13(3)25-29-21/h8-12,14H,4-7H2,1-3H3,(H,23,27). The molecule has 1 aliphatic rings. The van der Waals surface area contributed by atoms with Crippen molar-refractivity contribution < 1.29 is 14.1 Å². The van der Waals surface area contributed by atoms with Gasteiger partial charge in [0.05, 0.1) is 16.6 Å². The van der Waals surface area contributed by atoms with Gasteiger partial charge in [0.15, 0.2) is 0 Å². The summed E-state index contributed by atoms with van der Waals surface area (Å²) < 4.78 is 5.31. The highest BCUT2D eigenvalue weighted by Gasteiger charge is 2.28. The Morgan fingerprint density at radius 3 is 2.48 bits per heavy atom. The molecule has 0 aliphatic heterocycles. The van der Waals surface area contributed by atoms with Gasteiger partial charge in [-0.25, -0.2) is 4.98 Å². The van der Waals surface area contributed by atoms with Crippen LogP contribution in [0.3, 0.4) is 0 Å². The van der Waals surface area contributed by atoms with Crippen molar-refractivity contribution in [3.63, 3.8) is 0 Å². The molecular formula is C22H24N4O3. The van der Waals surface area contributed by atoms with Crippen LogP contribution in [-0.2, 0) is 0 Å². The zero-order valence-electron chi connectivity index (χ0n) is 16.9. The molecule has 1 fully saturated rings. The van der Waals surface area contributed by atoms with Gasteiger partial charge in [0, 0.05) is 36.0 Å². The minimum atomic E-state index is -0.242. The Morgan fingerprint density at radius 2 is 1.86 bits per heavy atom. The molecule has 2 heterocycles. The van der Waals surface area contributed by atoms with E-state index in [2.05, 4.69) is 15.5 Å². The first-order valence-electron chi connectivity index (χ1n) is 9.99. The number of amides is 2. The first-order valence-corrected chi connectivity index (χ1v) is 9.99. The number of aryl methyl sites for hydroxylation is 1. The van der Waals surface area contributed by atoms with E-state index in [-0.39, 0.29) is 11.8 Å². The predicted octanol–water partition coefficient (Wildman–Crippen LogP) is 4.14. The first-order chi connectivity index (χ1) is 14.0. The first kappa shape index (κ1) is 19.1. The van der Waals surface area contributed by atoms with Crippen LogP contribution in [0.15, 0.2) is 34.9 Å². The van der Waals surface area contributed by atoms with E-state index < -0.39 is 0 Å². The number of rotatable bonds is 6. The van der Waals surface area contributed by atoms with Crippen molar-refractivity contribution in [2.75, 3.05) is 18.4 Å². The van der Waals surface area contributed by atoms with Crippen molar-refractivity contribution in [1.29, 1.82) is 0 Å². The third-order valence-electron chi connectivity index (χ3n) is 5.32. The maximum Gasteiger partial charge on any atom is 0.259 e. The van der Waals surface area contributed by atoms with E-state index in [0.29, 0.717) is 52.6 Å². The largest absolute Gasteiger partial charge is 0.339 e. The molecule has 7 nitrogen and oxygen atoms in total. The summed E-state index contributed by atoms with van der Waals surface area (Å²) in [4.78, 5) is 31.7. The van der Waals surface area contributed by atoms with Gasteiger partial charge in [0.1, 0.15) is 0 Å². The van der Waals surface area contributed by atoms with Gasteiger partial charge in [-0.1, -0.05) is 5.16 Å². The second kappa shape index (κ2) is 7.66. The van der Waals surface area contributed by atoms with E-state index in [0.717, 1.165) is 18.5 Å². The maximum atomic E-state index is 13.0. The average molecular weight is 392 g/mol. The van der Waals surface area contributed by atoms with Crippen molar-refractivity contribution in [3.05, 3.63) is 52.8 Å². The zero-order chi connectivity index (χ0) is 20.5. The van der Waals surface area contributed by atoms with Crippen LogP contribution in [0.5, 0.6) is 0 Å². The molecule has 3 aromatic rings.